The van der Waals surface area contributed by atoms with Gasteiger partial charge in [-0.05, 0) is 62.1 Å². The standard InChI is InChI=1S/C53H69N17O12.ClH/c1-64(18-16-54-48(75)38-22-34(28-65(38)2)58-52(79)42-24-36(30-69(42)6)60-50(77)40-20-32(26-67(40)4)56-44(71)12-8-10-14-46(73)62-81)19-17-55-49(76)39-23-35(29-66(39)3)59-53(80)43-25-37(31-70(43)7)61-51(78)41-21-33(27-68(41)5)57-45(72)13-9-11-15-47(74)63-82;/h20-31,81-82H,8-19H2,1-7H3,(H,54,75)(H,55,76)(H,56,71)(H,57,72)(H,58,79)(H,59,80)(H,60,77)(H,61,78)(H,62,73)(H,63,74);1H. The van der Waals surface area contributed by atoms with Gasteiger partial charge >= 0.3 is 0 Å². The first kappa shape index (κ1) is 64.4. The van der Waals surface area contributed by atoms with Crippen molar-refractivity contribution in [3.8, 4) is 0 Å². The van der Waals surface area contributed by atoms with Gasteiger partial charge in [0.15, 0.2) is 0 Å². The lowest BCUT2D eigenvalue weighted by molar-refractivity contribution is -0.876. The molecule has 0 unspecified atom stereocenters. The third kappa shape index (κ3) is 18.3. The van der Waals surface area contributed by atoms with Gasteiger partial charge in [-0.15, -0.1) is 0 Å². The Bertz CT molecular complexity index is 3140. The minimum atomic E-state index is -0.531. The first-order chi connectivity index (χ1) is 39.0. The van der Waals surface area contributed by atoms with Crippen LogP contribution in [0.2, 0.25) is 0 Å². The Kier molecular flexibility index (Phi) is 23.1. The van der Waals surface area contributed by atoms with Crippen LogP contribution in [0.4, 0.5) is 34.1 Å². The quantitative estimate of drug-likeness (QED) is 0.0150. The largest absolute Gasteiger partial charge is 1.00 e. The Morgan fingerprint density at radius 1 is 0.361 bits per heavy atom. The van der Waals surface area contributed by atoms with E-state index in [1.165, 1.54) is 33.4 Å². The molecule has 29 nitrogen and oxygen atoms in total. The zero-order chi connectivity index (χ0) is 59.8. The second-order valence-electron chi connectivity index (χ2n) is 19.7. The first-order valence-corrected chi connectivity index (χ1v) is 26.1. The van der Waals surface area contributed by atoms with Crippen molar-refractivity contribution in [2.24, 2.45) is 42.3 Å². The Hall–Kier alpha value is -9.45. The topological polar surface area (TPSA) is 365 Å². The summed E-state index contributed by atoms with van der Waals surface area (Å²) in [6.45, 7) is 1.66. The van der Waals surface area contributed by atoms with Gasteiger partial charge in [-0.25, -0.2) is 11.0 Å². The molecule has 0 saturated heterocycles. The van der Waals surface area contributed by atoms with Gasteiger partial charge in [-0.1, -0.05) is 0 Å². The molecular formula is C53H70ClN17O12. The molecule has 30 heteroatoms. The summed E-state index contributed by atoms with van der Waals surface area (Å²) >= 11 is 0. The van der Waals surface area contributed by atoms with Crippen molar-refractivity contribution < 1.29 is 75.7 Å². The SMILES string of the molecule is Cn1cc(NC(=O)c2cc(NC(=O)c3cc(NC(=O)CCCCC(=O)NO)cn3C)cn2C)cc1C(=O)NCC[NH+](C)CCNC(=O)c1cc(NC(=O)c2cc(NC(=O)c3cc(NC(=O)CCCCC(=O)NO)cn3C)cn2C)cn1C.[Cl-]. The molecule has 0 aromatic carbocycles. The van der Waals surface area contributed by atoms with Gasteiger partial charge in [0.05, 0.1) is 67.4 Å². The van der Waals surface area contributed by atoms with E-state index in [0.29, 0.717) is 97.4 Å². The van der Waals surface area contributed by atoms with Crippen molar-refractivity contribution in [1.29, 1.82) is 0 Å². The molecule has 13 N–H and O–H groups in total. The molecule has 0 aliphatic heterocycles. The third-order valence-electron chi connectivity index (χ3n) is 13.1. The maximum absolute atomic E-state index is 13.4. The summed E-state index contributed by atoms with van der Waals surface area (Å²) in [5.74, 6) is -4.36. The summed E-state index contributed by atoms with van der Waals surface area (Å²) in [5.41, 5.74) is 6.81. The van der Waals surface area contributed by atoms with Gasteiger partial charge in [0.1, 0.15) is 34.2 Å². The number of hydrogen-bond donors (Lipinski definition) is 13. The van der Waals surface area contributed by atoms with Crippen LogP contribution in [-0.4, -0.2) is 130 Å². The normalized spacial score (nSPS) is 10.8. The van der Waals surface area contributed by atoms with Crippen LogP contribution in [0, 0.1) is 0 Å². The molecule has 0 bridgehead atoms. The summed E-state index contributed by atoms with van der Waals surface area (Å²) < 4.78 is 9.32. The van der Waals surface area contributed by atoms with E-state index in [2.05, 4.69) is 42.5 Å². The fraction of sp³-hybridized carbons (Fsp3) is 0.358. The van der Waals surface area contributed by atoms with Gasteiger partial charge in [0, 0.05) is 105 Å². The van der Waals surface area contributed by atoms with Crippen LogP contribution in [0.15, 0.2) is 73.6 Å². The molecule has 0 fully saturated rings. The number of aromatic nitrogens is 6. The number of hydroxylamine groups is 2. The molecule has 0 aliphatic carbocycles. The molecule has 0 spiro atoms. The van der Waals surface area contributed by atoms with Crippen molar-refractivity contribution in [3.05, 3.63) is 108 Å². The van der Waals surface area contributed by atoms with Crippen LogP contribution < -0.4 is 70.8 Å². The summed E-state index contributed by atoms with van der Waals surface area (Å²) in [6.07, 6.45) is 11.6. The summed E-state index contributed by atoms with van der Waals surface area (Å²) in [5, 5.41) is 39.6. The number of likely N-dealkylation sites (N-methyl/N-ethyl adjacent to an activating group) is 1. The highest BCUT2D eigenvalue weighted by Gasteiger charge is 2.22. The maximum Gasteiger partial charge on any atom is 0.272 e. The summed E-state index contributed by atoms with van der Waals surface area (Å²) in [6, 6.07) is 9.11. The molecule has 10 amide bonds. The Balaban J connectivity index is 0.0000126. The van der Waals surface area contributed by atoms with Gasteiger partial charge in [-0.3, -0.25) is 58.4 Å². The number of hydrogen-bond acceptors (Lipinski definition) is 12. The molecule has 0 atom stereocenters. The molecule has 6 rings (SSSR count). The lowest BCUT2D eigenvalue weighted by Crippen LogP contribution is -3.10. The summed E-state index contributed by atoms with van der Waals surface area (Å²) in [7, 11) is 11.8. The van der Waals surface area contributed by atoms with Crippen LogP contribution in [-0.2, 0) is 61.5 Å². The third-order valence-corrected chi connectivity index (χ3v) is 13.1. The smallest absolute Gasteiger partial charge is 0.272 e. The highest BCUT2D eigenvalue weighted by Crippen LogP contribution is 2.22. The lowest BCUT2D eigenvalue weighted by Gasteiger charge is -2.15. The van der Waals surface area contributed by atoms with Gasteiger partial charge in [0.2, 0.25) is 23.6 Å². The Morgan fingerprint density at radius 3 is 0.819 bits per heavy atom. The van der Waals surface area contributed by atoms with Crippen molar-refractivity contribution in [1.82, 2.24) is 49.0 Å². The van der Waals surface area contributed by atoms with Crippen molar-refractivity contribution in [3.63, 3.8) is 0 Å². The fourth-order valence-corrected chi connectivity index (χ4v) is 8.72. The van der Waals surface area contributed by atoms with E-state index < -0.39 is 35.4 Å². The number of rotatable bonds is 28. The number of halogens is 1. The van der Waals surface area contributed by atoms with E-state index in [9.17, 15) is 47.9 Å². The van der Waals surface area contributed by atoms with Gasteiger partial charge < -0.3 is 87.2 Å². The number of nitrogens with one attached hydrogen (secondary N) is 11. The number of carbonyl (C=O) groups is 10. The number of amides is 10. The Labute approximate surface area is 482 Å². The molecular weight excluding hydrogens is 1100 g/mol. The predicted molar refractivity (Wildman–Crippen MR) is 300 cm³/mol. The van der Waals surface area contributed by atoms with E-state index in [1.54, 1.807) is 121 Å². The fourth-order valence-electron chi connectivity index (χ4n) is 8.72. The predicted octanol–water partition coefficient (Wildman–Crippen LogP) is -1.59. The molecule has 6 heterocycles. The number of nitrogens with zero attached hydrogens (tertiary/aromatic N) is 6. The highest BCUT2D eigenvalue weighted by atomic mass is 35.5. The second-order valence-corrected chi connectivity index (χ2v) is 19.7. The minimum absolute atomic E-state index is 0. The first-order valence-electron chi connectivity index (χ1n) is 26.1. The summed E-state index contributed by atoms with van der Waals surface area (Å²) in [4.78, 5) is 128. The lowest BCUT2D eigenvalue weighted by atomic mass is 10.2. The van der Waals surface area contributed by atoms with E-state index in [0.717, 1.165) is 4.90 Å². The van der Waals surface area contributed by atoms with Gasteiger partial charge in [-0.2, -0.15) is 0 Å². The van der Waals surface area contributed by atoms with E-state index in [4.69, 9.17) is 10.4 Å². The van der Waals surface area contributed by atoms with Crippen molar-refractivity contribution in [2.45, 2.75) is 51.4 Å². The molecule has 0 aliphatic rings. The number of anilines is 6. The Morgan fingerprint density at radius 2 is 0.578 bits per heavy atom. The van der Waals surface area contributed by atoms with Crippen molar-refractivity contribution in [2.75, 3.05) is 65.1 Å². The van der Waals surface area contributed by atoms with Crippen LogP contribution in [0.3, 0.4) is 0 Å². The van der Waals surface area contributed by atoms with Crippen LogP contribution in [0.25, 0.3) is 0 Å². The highest BCUT2D eigenvalue weighted by molar-refractivity contribution is 6.09. The molecule has 446 valence electrons. The minimum Gasteiger partial charge on any atom is -1.00 e. The monoisotopic (exact) mass is 1170 g/mol. The molecule has 83 heavy (non-hydrogen) atoms. The van der Waals surface area contributed by atoms with Gasteiger partial charge in [0.25, 0.3) is 35.4 Å². The second kappa shape index (κ2) is 29.8. The average Bonchev–Trinajstić information content (AvgIpc) is 4.48. The zero-order valence-corrected chi connectivity index (χ0v) is 47.7. The number of carbonyl (C=O) groups excluding carboxylic acids is 10. The average molecular weight is 1170 g/mol. The maximum atomic E-state index is 13.4. The number of aryl methyl sites for hydroxylation is 6. The van der Waals surface area contributed by atoms with E-state index >= 15 is 0 Å². The zero-order valence-electron chi connectivity index (χ0n) is 47.0. The molecule has 0 radical (unpaired) electrons. The number of unbranched alkanes of at least 4 members (excludes halogenated alkanes) is 2. The molecule has 0 saturated carbocycles. The molecule has 6 aromatic rings. The van der Waals surface area contributed by atoms with Crippen LogP contribution in [0.1, 0.15) is 114 Å². The van der Waals surface area contributed by atoms with Crippen LogP contribution >= 0.6 is 0 Å². The number of quaternary nitrogens is 1. The van der Waals surface area contributed by atoms with Crippen LogP contribution in [0.5, 0.6) is 0 Å². The van der Waals surface area contributed by atoms with E-state index in [1.807, 2.05) is 7.05 Å². The molecule has 6 aromatic heterocycles. The van der Waals surface area contributed by atoms with E-state index in [-0.39, 0.29) is 84.5 Å². The van der Waals surface area contributed by atoms with Crippen molar-refractivity contribution >= 4 is 93.2 Å².